The lowest BCUT2D eigenvalue weighted by atomic mass is 10.4. The van der Waals surface area contributed by atoms with Crippen molar-refractivity contribution < 1.29 is 9.53 Å². The lowest BCUT2D eigenvalue weighted by molar-refractivity contribution is -0.139. The van der Waals surface area contributed by atoms with Gasteiger partial charge in [-0.2, -0.15) is 0 Å². The maximum absolute atomic E-state index is 10.8. The molecule has 0 unspecified atom stereocenters. The van der Waals surface area contributed by atoms with Gasteiger partial charge in [-0.05, 0) is 22.0 Å². The molecule has 0 atom stereocenters. The van der Waals surface area contributed by atoms with Crippen LogP contribution in [0.3, 0.4) is 0 Å². The highest BCUT2D eigenvalue weighted by molar-refractivity contribution is 9.10. The Bertz CT molecular complexity index is 290. The molecule has 0 spiro atoms. The lowest BCUT2D eigenvalue weighted by Gasteiger charge is -1.97. The van der Waals surface area contributed by atoms with Crippen LogP contribution in [0, 0.1) is 0 Å². The van der Waals surface area contributed by atoms with Crippen LogP contribution in [0.15, 0.2) is 16.9 Å². The number of methoxy groups -OCH3 is 1. The summed E-state index contributed by atoms with van der Waals surface area (Å²) in [4.78, 5) is 18.6. The largest absolute Gasteiger partial charge is 0.469 e. The van der Waals surface area contributed by atoms with Crippen molar-refractivity contribution in [1.82, 2.24) is 9.97 Å². The van der Waals surface area contributed by atoms with Gasteiger partial charge in [-0.25, -0.2) is 9.97 Å². The third kappa shape index (κ3) is 2.58. The average Bonchev–Trinajstić information content (AvgIpc) is 2.04. The zero-order valence-corrected chi connectivity index (χ0v) is 8.04. The lowest BCUT2D eigenvalue weighted by Crippen LogP contribution is -2.07. The first-order valence-corrected chi connectivity index (χ1v) is 4.06. The van der Waals surface area contributed by atoms with Crippen LogP contribution in [0.4, 0.5) is 0 Å². The van der Waals surface area contributed by atoms with Crippen LogP contribution >= 0.6 is 15.9 Å². The summed E-state index contributed by atoms with van der Waals surface area (Å²) in [5.74, 6) is 0.115. The molecule has 0 aromatic carbocycles. The zero-order chi connectivity index (χ0) is 8.97. The molecule has 0 aliphatic rings. The molecule has 0 aliphatic carbocycles. The minimum atomic E-state index is -0.340. The number of carbonyl (C=O) groups excluding carboxylic acids is 1. The van der Waals surface area contributed by atoms with Crippen LogP contribution in [0.25, 0.3) is 0 Å². The van der Waals surface area contributed by atoms with Crippen LogP contribution in [0.5, 0.6) is 0 Å². The monoisotopic (exact) mass is 230 g/mol. The SMILES string of the molecule is COC(=O)Cc1nccc(Br)n1. The summed E-state index contributed by atoms with van der Waals surface area (Å²) in [5, 5.41) is 0. The summed E-state index contributed by atoms with van der Waals surface area (Å²) >= 11 is 3.17. The van der Waals surface area contributed by atoms with E-state index in [9.17, 15) is 4.79 Å². The quantitative estimate of drug-likeness (QED) is 0.561. The molecule has 1 heterocycles. The highest BCUT2D eigenvalue weighted by atomic mass is 79.9. The van der Waals surface area contributed by atoms with Gasteiger partial charge in [0.2, 0.25) is 0 Å². The average molecular weight is 231 g/mol. The predicted molar refractivity (Wildman–Crippen MR) is 45.5 cm³/mol. The zero-order valence-electron chi connectivity index (χ0n) is 6.45. The molecule has 1 aromatic rings. The molecule has 0 fully saturated rings. The van der Waals surface area contributed by atoms with Gasteiger partial charge < -0.3 is 4.74 Å². The third-order valence-corrected chi connectivity index (χ3v) is 1.64. The standard InChI is InChI=1S/C7H7BrN2O2/c1-12-7(11)4-6-9-3-2-5(8)10-6/h2-3H,4H2,1H3. The van der Waals surface area contributed by atoms with Crippen molar-refractivity contribution in [2.45, 2.75) is 6.42 Å². The fourth-order valence-corrected chi connectivity index (χ4v) is 0.984. The molecule has 5 heteroatoms. The minimum Gasteiger partial charge on any atom is -0.469 e. The van der Waals surface area contributed by atoms with E-state index in [2.05, 4.69) is 30.6 Å². The van der Waals surface area contributed by atoms with Crippen LogP contribution in [-0.2, 0) is 16.0 Å². The second-order valence-electron chi connectivity index (χ2n) is 2.05. The Balaban J connectivity index is 2.69. The number of nitrogens with zero attached hydrogens (tertiary/aromatic N) is 2. The summed E-state index contributed by atoms with van der Waals surface area (Å²) in [7, 11) is 1.33. The van der Waals surface area contributed by atoms with Crippen molar-refractivity contribution in [3.8, 4) is 0 Å². The first-order valence-electron chi connectivity index (χ1n) is 3.26. The topological polar surface area (TPSA) is 52.1 Å². The summed E-state index contributed by atoms with van der Waals surface area (Å²) in [6, 6.07) is 1.70. The highest BCUT2D eigenvalue weighted by Gasteiger charge is 2.04. The van der Waals surface area contributed by atoms with Gasteiger partial charge in [0.05, 0.1) is 7.11 Å². The van der Waals surface area contributed by atoms with Gasteiger partial charge in [0.25, 0.3) is 0 Å². The van der Waals surface area contributed by atoms with E-state index in [-0.39, 0.29) is 12.4 Å². The third-order valence-electron chi connectivity index (χ3n) is 1.20. The van der Waals surface area contributed by atoms with Crippen molar-refractivity contribution >= 4 is 21.9 Å². The molecule has 0 bridgehead atoms. The molecule has 4 nitrogen and oxygen atoms in total. The van der Waals surface area contributed by atoms with Gasteiger partial charge in [-0.15, -0.1) is 0 Å². The molecule has 0 saturated carbocycles. The molecule has 12 heavy (non-hydrogen) atoms. The Morgan fingerprint density at radius 3 is 3.08 bits per heavy atom. The van der Waals surface area contributed by atoms with Gasteiger partial charge in [0.15, 0.2) is 0 Å². The fourth-order valence-electron chi connectivity index (χ4n) is 0.661. The van der Waals surface area contributed by atoms with Gasteiger partial charge in [-0.1, -0.05) is 0 Å². The smallest absolute Gasteiger partial charge is 0.313 e. The normalized spacial score (nSPS) is 9.50. The van der Waals surface area contributed by atoms with Crippen LogP contribution < -0.4 is 0 Å². The van der Waals surface area contributed by atoms with E-state index < -0.39 is 0 Å². The van der Waals surface area contributed by atoms with Crippen LogP contribution in [0.1, 0.15) is 5.82 Å². The van der Waals surface area contributed by atoms with Gasteiger partial charge >= 0.3 is 5.97 Å². The maximum Gasteiger partial charge on any atom is 0.313 e. The van der Waals surface area contributed by atoms with Crippen molar-refractivity contribution in [3.05, 3.63) is 22.7 Å². The molecule has 0 amide bonds. The van der Waals surface area contributed by atoms with E-state index in [1.807, 2.05) is 0 Å². The number of rotatable bonds is 2. The second kappa shape index (κ2) is 4.15. The van der Waals surface area contributed by atoms with E-state index in [0.717, 1.165) is 0 Å². The van der Waals surface area contributed by atoms with E-state index in [1.165, 1.54) is 7.11 Å². The Labute approximate surface area is 78.1 Å². The van der Waals surface area contributed by atoms with Crippen molar-refractivity contribution in [2.75, 3.05) is 7.11 Å². The number of hydrogen-bond donors (Lipinski definition) is 0. The summed E-state index contributed by atoms with van der Waals surface area (Å²) in [5.41, 5.74) is 0. The van der Waals surface area contributed by atoms with E-state index in [0.29, 0.717) is 10.4 Å². The molecule has 0 saturated heterocycles. The maximum atomic E-state index is 10.8. The second-order valence-corrected chi connectivity index (χ2v) is 2.86. The predicted octanol–water partition coefficient (Wildman–Crippen LogP) is 0.955. The molecular formula is C7H7BrN2O2. The Kier molecular flexibility index (Phi) is 3.16. The van der Waals surface area contributed by atoms with Crippen LogP contribution in [-0.4, -0.2) is 23.0 Å². The first-order chi connectivity index (χ1) is 5.72. The van der Waals surface area contributed by atoms with Gasteiger partial charge in [0, 0.05) is 6.20 Å². The fraction of sp³-hybridized carbons (Fsp3) is 0.286. The van der Waals surface area contributed by atoms with E-state index >= 15 is 0 Å². The number of halogens is 1. The highest BCUT2D eigenvalue weighted by Crippen LogP contribution is 2.04. The Morgan fingerprint density at radius 2 is 2.50 bits per heavy atom. The van der Waals surface area contributed by atoms with Gasteiger partial charge in [-0.3, -0.25) is 4.79 Å². The molecule has 64 valence electrons. The van der Waals surface area contributed by atoms with E-state index in [4.69, 9.17) is 0 Å². The van der Waals surface area contributed by atoms with Crippen molar-refractivity contribution in [2.24, 2.45) is 0 Å². The van der Waals surface area contributed by atoms with Crippen molar-refractivity contribution in [3.63, 3.8) is 0 Å². The number of ether oxygens (including phenoxy) is 1. The van der Waals surface area contributed by atoms with Crippen LogP contribution in [0.2, 0.25) is 0 Å². The molecule has 0 radical (unpaired) electrons. The van der Waals surface area contributed by atoms with E-state index in [1.54, 1.807) is 12.3 Å². The number of aromatic nitrogens is 2. The number of carbonyl (C=O) groups is 1. The van der Waals surface area contributed by atoms with Gasteiger partial charge in [0.1, 0.15) is 16.8 Å². The summed E-state index contributed by atoms with van der Waals surface area (Å²) in [6.45, 7) is 0. The summed E-state index contributed by atoms with van der Waals surface area (Å²) in [6.07, 6.45) is 1.69. The number of hydrogen-bond acceptors (Lipinski definition) is 4. The first kappa shape index (κ1) is 9.12. The van der Waals surface area contributed by atoms with Crippen molar-refractivity contribution in [1.29, 1.82) is 0 Å². The Hall–Kier alpha value is -0.970. The summed E-state index contributed by atoms with van der Waals surface area (Å²) < 4.78 is 5.12. The molecule has 1 rings (SSSR count). The molecule has 1 aromatic heterocycles. The molecular weight excluding hydrogens is 224 g/mol. The Morgan fingerprint density at radius 1 is 1.75 bits per heavy atom. The molecule has 0 aliphatic heterocycles. The molecule has 0 N–H and O–H groups in total. The minimum absolute atomic E-state index is 0.107. The number of esters is 1.